The van der Waals surface area contributed by atoms with E-state index in [1.54, 1.807) is 0 Å². The lowest BCUT2D eigenvalue weighted by molar-refractivity contribution is -0.137. The average molecular weight is 378 g/mol. The Morgan fingerprint density at radius 1 is 0.821 bits per heavy atom. The number of hydrogen-bond donors (Lipinski definition) is 0. The van der Waals surface area contributed by atoms with Crippen molar-refractivity contribution in [3.05, 3.63) is 66.2 Å². The zero-order chi connectivity index (χ0) is 19.3. The third kappa shape index (κ3) is 4.22. The van der Waals surface area contributed by atoms with Gasteiger partial charge in [0, 0.05) is 31.9 Å². The van der Waals surface area contributed by atoms with Crippen molar-refractivity contribution >= 4 is 11.6 Å². The van der Waals surface area contributed by atoms with Crippen LogP contribution in [0.25, 0.3) is 0 Å². The van der Waals surface area contributed by atoms with E-state index in [4.69, 9.17) is 0 Å². The molecule has 0 aromatic heterocycles. The first-order chi connectivity index (χ1) is 13.7. The normalized spacial score (nSPS) is 20.2. The third-order valence-corrected chi connectivity index (χ3v) is 6.42. The molecule has 4 rings (SSSR count). The zero-order valence-corrected chi connectivity index (χ0v) is 16.8. The fraction of sp³-hybridized carbons (Fsp3) is 0.458. The van der Waals surface area contributed by atoms with Crippen molar-refractivity contribution < 1.29 is 4.79 Å². The number of amides is 1. The smallest absolute Gasteiger partial charge is 0.239 e. The van der Waals surface area contributed by atoms with Crippen LogP contribution in [0.2, 0.25) is 0 Å². The largest absolute Gasteiger partial charge is 0.368 e. The lowest BCUT2D eigenvalue weighted by atomic mass is 9.89. The van der Waals surface area contributed by atoms with Crippen molar-refractivity contribution in [3.63, 3.8) is 0 Å². The number of likely N-dealkylation sites (tertiary alicyclic amines) is 1. The van der Waals surface area contributed by atoms with Gasteiger partial charge in [-0.05, 0) is 56.5 Å². The van der Waals surface area contributed by atoms with Gasteiger partial charge in [0.2, 0.25) is 5.91 Å². The molecule has 1 amide bonds. The predicted octanol–water partition coefficient (Wildman–Crippen LogP) is 3.60. The Hall–Kier alpha value is -2.33. The molecule has 2 fully saturated rings. The second kappa shape index (κ2) is 8.78. The summed E-state index contributed by atoms with van der Waals surface area (Å²) in [6, 6.07) is 21.3. The third-order valence-electron chi connectivity index (χ3n) is 6.42. The monoisotopic (exact) mass is 377 g/mol. The summed E-state index contributed by atoms with van der Waals surface area (Å²) in [4.78, 5) is 19.9. The molecule has 4 heteroatoms. The molecule has 2 heterocycles. The minimum atomic E-state index is -0.0139. The Balaban J connectivity index is 1.27. The van der Waals surface area contributed by atoms with E-state index in [2.05, 4.69) is 76.2 Å². The highest BCUT2D eigenvalue weighted by molar-refractivity contribution is 5.81. The maximum Gasteiger partial charge on any atom is 0.239 e. The van der Waals surface area contributed by atoms with Gasteiger partial charge in [0.15, 0.2) is 0 Å². The molecule has 0 aliphatic carbocycles. The molecule has 2 aromatic carbocycles. The lowest BCUT2D eigenvalue weighted by Gasteiger charge is -2.40. The minimum Gasteiger partial charge on any atom is -0.368 e. The van der Waals surface area contributed by atoms with Gasteiger partial charge in [-0.25, -0.2) is 0 Å². The Labute approximate surface area is 168 Å². The topological polar surface area (TPSA) is 26.8 Å². The van der Waals surface area contributed by atoms with Crippen molar-refractivity contribution in [3.8, 4) is 0 Å². The summed E-state index contributed by atoms with van der Waals surface area (Å²) in [6.45, 7) is 7.58. The van der Waals surface area contributed by atoms with Gasteiger partial charge >= 0.3 is 0 Å². The lowest BCUT2D eigenvalue weighted by Crippen LogP contribution is -2.55. The van der Waals surface area contributed by atoms with Crippen LogP contribution >= 0.6 is 0 Å². The van der Waals surface area contributed by atoms with Gasteiger partial charge in [-0.15, -0.1) is 0 Å². The van der Waals surface area contributed by atoms with E-state index in [-0.39, 0.29) is 6.04 Å². The zero-order valence-electron chi connectivity index (χ0n) is 16.8. The highest BCUT2D eigenvalue weighted by atomic mass is 16.2. The molecular weight excluding hydrogens is 346 g/mol. The van der Waals surface area contributed by atoms with Gasteiger partial charge in [-0.1, -0.05) is 48.5 Å². The second-order valence-electron chi connectivity index (χ2n) is 8.04. The molecule has 28 heavy (non-hydrogen) atoms. The van der Waals surface area contributed by atoms with Crippen LogP contribution in [0.15, 0.2) is 60.7 Å². The Morgan fingerprint density at radius 2 is 1.39 bits per heavy atom. The van der Waals surface area contributed by atoms with Gasteiger partial charge in [-0.2, -0.15) is 0 Å². The summed E-state index contributed by atoms with van der Waals surface area (Å²) in [6.07, 6.45) is 2.28. The minimum absolute atomic E-state index is 0.0139. The maximum atomic E-state index is 13.1. The number of anilines is 1. The second-order valence-corrected chi connectivity index (χ2v) is 8.04. The number of benzene rings is 2. The number of carbonyl (C=O) groups excluding carboxylic acids is 1. The Kier molecular flexibility index (Phi) is 5.96. The van der Waals surface area contributed by atoms with Crippen molar-refractivity contribution in [2.75, 3.05) is 44.2 Å². The van der Waals surface area contributed by atoms with E-state index in [0.717, 1.165) is 52.1 Å². The van der Waals surface area contributed by atoms with Crippen molar-refractivity contribution in [2.24, 2.45) is 0 Å². The van der Waals surface area contributed by atoms with E-state index >= 15 is 0 Å². The van der Waals surface area contributed by atoms with Crippen LogP contribution in [0.4, 0.5) is 5.69 Å². The summed E-state index contributed by atoms with van der Waals surface area (Å²) in [7, 11) is 0. The number of nitrogens with zero attached hydrogens (tertiary/aromatic N) is 3. The van der Waals surface area contributed by atoms with Crippen LogP contribution in [0, 0.1) is 0 Å². The summed E-state index contributed by atoms with van der Waals surface area (Å²) in [5.74, 6) is 0.931. The van der Waals surface area contributed by atoms with Crippen LogP contribution < -0.4 is 4.90 Å². The SMILES string of the molecule is CC(C(=O)N1CCN(c2ccccc2)CC1)N1CCC(c2ccccc2)CC1. The number of carbonyl (C=O) groups is 1. The highest BCUT2D eigenvalue weighted by Crippen LogP contribution is 2.29. The van der Waals surface area contributed by atoms with E-state index in [9.17, 15) is 4.79 Å². The predicted molar refractivity (Wildman–Crippen MR) is 115 cm³/mol. The number of para-hydroxylation sites is 1. The molecule has 148 valence electrons. The molecule has 2 saturated heterocycles. The number of piperazine rings is 1. The van der Waals surface area contributed by atoms with Crippen LogP contribution in [-0.4, -0.2) is 61.0 Å². The number of piperidine rings is 1. The fourth-order valence-corrected chi connectivity index (χ4v) is 4.59. The molecule has 1 atom stereocenters. The molecule has 1 unspecified atom stereocenters. The first-order valence-corrected chi connectivity index (χ1v) is 10.6. The summed E-state index contributed by atoms with van der Waals surface area (Å²) < 4.78 is 0. The van der Waals surface area contributed by atoms with E-state index in [1.165, 1.54) is 11.3 Å². The van der Waals surface area contributed by atoms with Crippen LogP contribution in [-0.2, 0) is 4.79 Å². The standard InChI is InChI=1S/C24H31N3O/c1-20(25-14-12-22(13-15-25)21-8-4-2-5-9-21)24(28)27-18-16-26(17-19-27)23-10-6-3-7-11-23/h2-11,20,22H,12-19H2,1H3. The van der Waals surface area contributed by atoms with Gasteiger partial charge in [0.05, 0.1) is 6.04 Å². The van der Waals surface area contributed by atoms with Crippen LogP contribution in [0.1, 0.15) is 31.2 Å². The highest BCUT2D eigenvalue weighted by Gasteiger charge is 2.31. The molecule has 2 aliphatic rings. The van der Waals surface area contributed by atoms with Gasteiger partial charge in [-0.3, -0.25) is 9.69 Å². The Morgan fingerprint density at radius 3 is 2.00 bits per heavy atom. The fourth-order valence-electron chi connectivity index (χ4n) is 4.59. The molecule has 0 N–H and O–H groups in total. The maximum absolute atomic E-state index is 13.1. The summed E-state index contributed by atoms with van der Waals surface area (Å²) in [5.41, 5.74) is 2.70. The molecule has 4 nitrogen and oxygen atoms in total. The molecule has 0 bridgehead atoms. The van der Waals surface area contributed by atoms with Gasteiger partial charge in [0.1, 0.15) is 0 Å². The first kappa shape index (κ1) is 19.0. The molecule has 0 radical (unpaired) electrons. The Bertz CT molecular complexity index is 748. The van der Waals surface area contributed by atoms with E-state index in [0.29, 0.717) is 11.8 Å². The summed E-state index contributed by atoms with van der Waals surface area (Å²) in [5, 5.41) is 0. The van der Waals surface area contributed by atoms with Crippen molar-refractivity contribution in [1.29, 1.82) is 0 Å². The van der Waals surface area contributed by atoms with Crippen molar-refractivity contribution in [2.45, 2.75) is 31.7 Å². The first-order valence-electron chi connectivity index (χ1n) is 10.6. The molecule has 2 aliphatic heterocycles. The number of hydrogen-bond acceptors (Lipinski definition) is 3. The molecule has 0 saturated carbocycles. The van der Waals surface area contributed by atoms with Crippen molar-refractivity contribution in [1.82, 2.24) is 9.80 Å². The van der Waals surface area contributed by atoms with Gasteiger partial charge in [0.25, 0.3) is 0 Å². The quantitative estimate of drug-likeness (QED) is 0.814. The van der Waals surface area contributed by atoms with E-state index in [1.807, 2.05) is 6.07 Å². The summed E-state index contributed by atoms with van der Waals surface area (Å²) >= 11 is 0. The van der Waals surface area contributed by atoms with Crippen LogP contribution in [0.3, 0.4) is 0 Å². The number of rotatable bonds is 4. The van der Waals surface area contributed by atoms with Gasteiger partial charge < -0.3 is 9.80 Å². The molecule has 2 aromatic rings. The molecular formula is C24H31N3O. The van der Waals surface area contributed by atoms with E-state index < -0.39 is 0 Å². The average Bonchev–Trinajstić information content (AvgIpc) is 2.79. The van der Waals surface area contributed by atoms with Crippen LogP contribution in [0.5, 0.6) is 0 Å². The molecule has 0 spiro atoms.